The highest BCUT2D eigenvalue weighted by Crippen LogP contribution is 2.20. The summed E-state index contributed by atoms with van der Waals surface area (Å²) in [6, 6.07) is 8.28. The minimum Gasteiger partial charge on any atom is -0.493 e. The van der Waals surface area contributed by atoms with Crippen LogP contribution in [0.2, 0.25) is 0 Å². The number of hydrogen-bond acceptors (Lipinski definition) is 4. The summed E-state index contributed by atoms with van der Waals surface area (Å²) in [5, 5.41) is 0. The average molecular weight is 311 g/mol. The highest BCUT2D eigenvalue weighted by atomic mass is 16.5. The number of aromatic nitrogens is 2. The largest absolute Gasteiger partial charge is 0.493 e. The molecule has 1 saturated heterocycles. The lowest BCUT2D eigenvalue weighted by Gasteiger charge is -2.32. The number of benzene rings is 1. The van der Waals surface area contributed by atoms with Gasteiger partial charge in [0.05, 0.1) is 18.0 Å². The van der Waals surface area contributed by atoms with Gasteiger partial charge in [-0.25, -0.2) is 0 Å². The molecule has 0 saturated carbocycles. The van der Waals surface area contributed by atoms with Crippen LogP contribution in [0.3, 0.4) is 0 Å². The SMILES string of the molecule is Cc1cccc(OCC2CCCN(Cc3cnc(C)cn3)C2)c1. The summed E-state index contributed by atoms with van der Waals surface area (Å²) in [6.07, 6.45) is 6.20. The first-order valence-electron chi connectivity index (χ1n) is 8.38. The fourth-order valence-corrected chi connectivity index (χ4v) is 3.08. The van der Waals surface area contributed by atoms with Crippen LogP contribution in [-0.4, -0.2) is 34.6 Å². The Labute approximate surface area is 138 Å². The van der Waals surface area contributed by atoms with Gasteiger partial charge in [-0.2, -0.15) is 0 Å². The molecule has 0 bridgehead atoms. The number of hydrogen-bond donors (Lipinski definition) is 0. The number of piperidine rings is 1. The molecule has 2 heterocycles. The Hall–Kier alpha value is -1.94. The molecular formula is C19H25N3O. The van der Waals surface area contributed by atoms with Gasteiger partial charge in [0.25, 0.3) is 0 Å². The van der Waals surface area contributed by atoms with Gasteiger partial charge < -0.3 is 4.74 Å². The molecule has 4 heteroatoms. The molecule has 3 rings (SSSR count). The lowest BCUT2D eigenvalue weighted by Crippen LogP contribution is -2.37. The van der Waals surface area contributed by atoms with Crippen molar-refractivity contribution in [3.05, 3.63) is 53.6 Å². The van der Waals surface area contributed by atoms with Crippen LogP contribution >= 0.6 is 0 Å². The van der Waals surface area contributed by atoms with Gasteiger partial charge in [0.1, 0.15) is 5.75 Å². The molecule has 4 nitrogen and oxygen atoms in total. The van der Waals surface area contributed by atoms with Crippen LogP contribution in [0.15, 0.2) is 36.7 Å². The Morgan fingerprint density at radius 1 is 1.22 bits per heavy atom. The first-order valence-corrected chi connectivity index (χ1v) is 8.38. The molecule has 122 valence electrons. The zero-order chi connectivity index (χ0) is 16.1. The smallest absolute Gasteiger partial charge is 0.119 e. The molecule has 0 aliphatic carbocycles. The number of ether oxygens (including phenoxy) is 1. The topological polar surface area (TPSA) is 38.2 Å². The number of likely N-dealkylation sites (tertiary alicyclic amines) is 1. The van der Waals surface area contributed by atoms with Crippen LogP contribution in [0.1, 0.15) is 29.8 Å². The summed E-state index contributed by atoms with van der Waals surface area (Å²) in [4.78, 5) is 11.3. The summed E-state index contributed by atoms with van der Waals surface area (Å²) < 4.78 is 5.99. The quantitative estimate of drug-likeness (QED) is 0.848. The van der Waals surface area contributed by atoms with E-state index >= 15 is 0 Å². The molecule has 1 aliphatic heterocycles. The van der Waals surface area contributed by atoms with E-state index in [0.29, 0.717) is 5.92 Å². The maximum absolute atomic E-state index is 5.99. The zero-order valence-electron chi connectivity index (χ0n) is 14.0. The predicted molar refractivity (Wildman–Crippen MR) is 91.4 cm³/mol. The van der Waals surface area contributed by atoms with Gasteiger partial charge in [0.15, 0.2) is 0 Å². The fourth-order valence-electron chi connectivity index (χ4n) is 3.08. The van der Waals surface area contributed by atoms with Crippen LogP contribution in [0, 0.1) is 19.8 Å². The third kappa shape index (κ3) is 4.76. The van der Waals surface area contributed by atoms with Gasteiger partial charge in [0.2, 0.25) is 0 Å². The Morgan fingerprint density at radius 3 is 2.91 bits per heavy atom. The average Bonchev–Trinajstić information content (AvgIpc) is 2.56. The minimum atomic E-state index is 0.586. The van der Waals surface area contributed by atoms with Gasteiger partial charge in [-0.05, 0) is 50.9 Å². The Kier molecular flexibility index (Phi) is 5.23. The molecule has 0 spiro atoms. The van der Waals surface area contributed by atoms with Crippen molar-refractivity contribution in [1.29, 1.82) is 0 Å². The van der Waals surface area contributed by atoms with Crippen molar-refractivity contribution in [2.75, 3.05) is 19.7 Å². The second kappa shape index (κ2) is 7.55. The second-order valence-corrected chi connectivity index (χ2v) is 6.52. The molecule has 2 aromatic rings. The summed E-state index contributed by atoms with van der Waals surface area (Å²) in [6.45, 7) is 7.94. The fraction of sp³-hybridized carbons (Fsp3) is 0.474. The number of nitrogens with zero attached hydrogens (tertiary/aromatic N) is 3. The molecule has 1 unspecified atom stereocenters. The zero-order valence-corrected chi connectivity index (χ0v) is 14.0. The standard InChI is InChI=1S/C19H25N3O/c1-15-5-3-7-19(9-15)23-14-17-6-4-8-22(12-17)13-18-11-20-16(2)10-21-18/h3,5,7,9-11,17H,4,6,8,12-14H2,1-2H3. The van der Waals surface area contributed by atoms with Gasteiger partial charge in [-0.1, -0.05) is 12.1 Å². The first kappa shape index (κ1) is 15.9. The Bertz CT molecular complexity index is 627. The molecule has 0 amide bonds. The third-order valence-electron chi connectivity index (χ3n) is 4.30. The molecule has 1 fully saturated rings. The van der Waals surface area contributed by atoms with Crippen LogP contribution in [0.25, 0.3) is 0 Å². The number of rotatable bonds is 5. The molecule has 1 aromatic heterocycles. The highest BCUT2D eigenvalue weighted by Gasteiger charge is 2.21. The van der Waals surface area contributed by atoms with Crippen molar-refractivity contribution >= 4 is 0 Å². The third-order valence-corrected chi connectivity index (χ3v) is 4.30. The maximum atomic E-state index is 5.99. The van der Waals surface area contributed by atoms with Gasteiger partial charge in [-0.15, -0.1) is 0 Å². The van der Waals surface area contributed by atoms with E-state index in [9.17, 15) is 0 Å². The molecule has 23 heavy (non-hydrogen) atoms. The van der Waals surface area contributed by atoms with Crippen LogP contribution in [-0.2, 0) is 6.54 Å². The van der Waals surface area contributed by atoms with Crippen LogP contribution < -0.4 is 4.74 Å². The molecule has 0 radical (unpaired) electrons. The highest BCUT2D eigenvalue weighted by molar-refractivity contribution is 5.27. The predicted octanol–water partition coefficient (Wildman–Crippen LogP) is 3.38. The second-order valence-electron chi connectivity index (χ2n) is 6.52. The van der Waals surface area contributed by atoms with E-state index < -0.39 is 0 Å². The van der Waals surface area contributed by atoms with Crippen LogP contribution in [0.4, 0.5) is 0 Å². The van der Waals surface area contributed by atoms with E-state index in [1.807, 2.05) is 31.5 Å². The molecular weight excluding hydrogens is 286 g/mol. The minimum absolute atomic E-state index is 0.586. The normalized spacial score (nSPS) is 18.8. The maximum Gasteiger partial charge on any atom is 0.119 e. The Balaban J connectivity index is 1.50. The Morgan fingerprint density at radius 2 is 2.13 bits per heavy atom. The summed E-state index contributed by atoms with van der Waals surface area (Å²) >= 11 is 0. The van der Waals surface area contributed by atoms with Gasteiger partial charge >= 0.3 is 0 Å². The van der Waals surface area contributed by atoms with E-state index in [2.05, 4.69) is 33.9 Å². The first-order chi connectivity index (χ1) is 11.2. The van der Waals surface area contributed by atoms with Crippen molar-refractivity contribution in [3.63, 3.8) is 0 Å². The van der Waals surface area contributed by atoms with Crippen molar-refractivity contribution in [1.82, 2.24) is 14.9 Å². The molecule has 0 N–H and O–H groups in total. The van der Waals surface area contributed by atoms with E-state index in [1.165, 1.54) is 18.4 Å². The van der Waals surface area contributed by atoms with E-state index in [-0.39, 0.29) is 0 Å². The van der Waals surface area contributed by atoms with Crippen molar-refractivity contribution < 1.29 is 4.74 Å². The lowest BCUT2D eigenvalue weighted by molar-refractivity contribution is 0.124. The van der Waals surface area contributed by atoms with E-state index in [1.54, 1.807) is 0 Å². The molecule has 1 atom stereocenters. The number of aryl methyl sites for hydroxylation is 2. The monoisotopic (exact) mass is 311 g/mol. The molecule has 1 aliphatic rings. The van der Waals surface area contributed by atoms with Gasteiger partial charge in [-0.3, -0.25) is 14.9 Å². The molecule has 1 aromatic carbocycles. The summed E-state index contributed by atoms with van der Waals surface area (Å²) in [5.41, 5.74) is 3.26. The van der Waals surface area contributed by atoms with Gasteiger partial charge in [0, 0.05) is 31.4 Å². The summed E-state index contributed by atoms with van der Waals surface area (Å²) in [5.74, 6) is 1.56. The van der Waals surface area contributed by atoms with Crippen molar-refractivity contribution in [2.45, 2.75) is 33.2 Å². The lowest BCUT2D eigenvalue weighted by atomic mass is 9.99. The van der Waals surface area contributed by atoms with Crippen molar-refractivity contribution in [3.8, 4) is 5.75 Å². The van der Waals surface area contributed by atoms with Crippen LogP contribution in [0.5, 0.6) is 5.75 Å². The van der Waals surface area contributed by atoms with E-state index in [0.717, 1.165) is 43.4 Å². The van der Waals surface area contributed by atoms with Crippen molar-refractivity contribution in [2.24, 2.45) is 5.92 Å². The van der Waals surface area contributed by atoms with E-state index in [4.69, 9.17) is 4.74 Å². The summed E-state index contributed by atoms with van der Waals surface area (Å²) in [7, 11) is 0.